The molecule has 0 heterocycles. The Hall–Kier alpha value is -0.720. The predicted octanol–water partition coefficient (Wildman–Crippen LogP) is 2.39. The van der Waals surface area contributed by atoms with Gasteiger partial charge in [0.2, 0.25) is 0 Å². The number of hydrogen-bond donors (Lipinski definition) is 0. The molecule has 0 unspecified atom stereocenters. The molecular formula is C5H3F9O3S. The Morgan fingerprint density at radius 3 is 1.33 bits per heavy atom. The van der Waals surface area contributed by atoms with E-state index in [1.54, 1.807) is 0 Å². The molecule has 0 spiro atoms. The van der Waals surface area contributed by atoms with Crippen LogP contribution in [0.5, 0.6) is 0 Å². The normalized spacial score (nSPS) is 15.9. The van der Waals surface area contributed by atoms with Crippen LogP contribution in [0.2, 0.25) is 0 Å². The smallest absolute Gasteiger partial charge is 0.269 e. The summed E-state index contributed by atoms with van der Waals surface area (Å²) in [7, 11) is -6.77. The van der Waals surface area contributed by atoms with Gasteiger partial charge in [-0.05, 0) is 0 Å². The van der Waals surface area contributed by atoms with Gasteiger partial charge in [-0.1, -0.05) is 0 Å². The van der Waals surface area contributed by atoms with Crippen LogP contribution in [0.15, 0.2) is 0 Å². The van der Waals surface area contributed by atoms with Gasteiger partial charge in [-0.3, -0.25) is 4.18 Å². The Bertz CT molecular complexity index is 408. The maximum atomic E-state index is 12.6. The molecule has 0 radical (unpaired) electrons. The first kappa shape index (κ1) is 17.3. The van der Waals surface area contributed by atoms with Crippen molar-refractivity contribution in [3.05, 3.63) is 0 Å². The van der Waals surface area contributed by atoms with Crippen LogP contribution in [0.4, 0.5) is 39.5 Å². The first-order chi connectivity index (χ1) is 7.56. The van der Waals surface area contributed by atoms with Crippen LogP contribution >= 0.6 is 0 Å². The van der Waals surface area contributed by atoms with Crippen LogP contribution in [-0.2, 0) is 14.3 Å². The van der Waals surface area contributed by atoms with Gasteiger partial charge in [0.15, 0.2) is 0 Å². The zero-order chi connectivity index (χ0) is 15.2. The summed E-state index contributed by atoms with van der Waals surface area (Å²) in [6.07, 6.45) is -7.08. The predicted molar refractivity (Wildman–Crippen MR) is 36.8 cm³/mol. The number of halogens is 9. The zero-order valence-corrected chi connectivity index (χ0v) is 8.85. The molecule has 0 aromatic heterocycles. The van der Waals surface area contributed by atoms with Crippen LogP contribution in [-0.4, -0.2) is 38.8 Å². The molecule has 0 amide bonds. The molecule has 0 rings (SSSR count). The van der Waals surface area contributed by atoms with E-state index in [1.165, 1.54) is 0 Å². The molecule has 0 aromatic carbocycles. The summed E-state index contributed by atoms with van der Waals surface area (Å²) in [5.41, 5.74) is 0. The fraction of sp³-hybridized carbons (Fsp3) is 1.00. The van der Waals surface area contributed by atoms with E-state index in [-0.39, 0.29) is 7.11 Å². The van der Waals surface area contributed by atoms with Crippen LogP contribution in [0.3, 0.4) is 0 Å². The summed E-state index contributed by atoms with van der Waals surface area (Å²) in [6, 6.07) is 0. The van der Waals surface area contributed by atoms with E-state index in [1.807, 2.05) is 0 Å². The molecular weight excluding hydrogens is 311 g/mol. The molecule has 13 heteroatoms. The lowest BCUT2D eigenvalue weighted by Gasteiger charge is -2.32. The summed E-state index contributed by atoms with van der Waals surface area (Å²) >= 11 is 0. The van der Waals surface area contributed by atoms with Gasteiger partial charge in [-0.25, -0.2) is 0 Å². The maximum Gasteiger partial charge on any atom is 0.460 e. The SMILES string of the molecule is COS(=O)(=O)C(F)(F)C(F)(F)C(F)(F)C(F)(F)F. The summed E-state index contributed by atoms with van der Waals surface area (Å²) < 4.78 is 133. The van der Waals surface area contributed by atoms with E-state index < -0.39 is 33.4 Å². The third-order valence-corrected chi connectivity index (χ3v) is 2.97. The average Bonchev–Trinajstić information content (AvgIpc) is 2.15. The van der Waals surface area contributed by atoms with Crippen LogP contribution < -0.4 is 0 Å². The lowest BCUT2D eigenvalue weighted by Crippen LogP contribution is -2.63. The first-order valence-electron chi connectivity index (χ1n) is 3.56. The van der Waals surface area contributed by atoms with Crippen molar-refractivity contribution in [1.82, 2.24) is 0 Å². The van der Waals surface area contributed by atoms with Crippen LogP contribution in [0.25, 0.3) is 0 Å². The molecule has 0 aliphatic heterocycles. The van der Waals surface area contributed by atoms with E-state index in [9.17, 15) is 47.9 Å². The summed E-state index contributed by atoms with van der Waals surface area (Å²) in [6.45, 7) is 0. The molecule has 0 aliphatic rings. The van der Waals surface area contributed by atoms with E-state index in [2.05, 4.69) is 4.18 Å². The Balaban J connectivity index is 5.96. The third-order valence-electron chi connectivity index (χ3n) is 1.65. The average molecular weight is 314 g/mol. The second-order valence-electron chi connectivity index (χ2n) is 2.78. The summed E-state index contributed by atoms with van der Waals surface area (Å²) in [4.78, 5) is 0. The second kappa shape index (κ2) is 4.15. The van der Waals surface area contributed by atoms with Gasteiger partial charge in [0.25, 0.3) is 0 Å². The van der Waals surface area contributed by atoms with Crippen LogP contribution in [0, 0.1) is 0 Å². The Morgan fingerprint density at radius 2 is 1.11 bits per heavy atom. The Kier molecular flexibility index (Phi) is 3.98. The summed E-state index contributed by atoms with van der Waals surface area (Å²) in [5, 5.41) is -6.77. The molecule has 0 fully saturated rings. The van der Waals surface area contributed by atoms with Crippen molar-refractivity contribution >= 4 is 10.1 Å². The van der Waals surface area contributed by atoms with Gasteiger partial charge < -0.3 is 0 Å². The highest BCUT2D eigenvalue weighted by atomic mass is 32.2. The topological polar surface area (TPSA) is 43.4 Å². The van der Waals surface area contributed by atoms with Crippen molar-refractivity contribution in [3.63, 3.8) is 0 Å². The van der Waals surface area contributed by atoms with Crippen molar-refractivity contribution < 1.29 is 52.1 Å². The molecule has 110 valence electrons. The fourth-order valence-electron chi connectivity index (χ4n) is 0.622. The molecule has 0 aromatic rings. The molecule has 0 atom stereocenters. The highest BCUT2D eigenvalue weighted by Gasteiger charge is 2.85. The highest BCUT2D eigenvalue weighted by molar-refractivity contribution is 7.87. The van der Waals surface area contributed by atoms with Gasteiger partial charge in [0.1, 0.15) is 0 Å². The number of rotatable bonds is 4. The van der Waals surface area contributed by atoms with Gasteiger partial charge in [0.05, 0.1) is 7.11 Å². The molecule has 0 saturated carbocycles. The Morgan fingerprint density at radius 1 is 0.778 bits per heavy atom. The van der Waals surface area contributed by atoms with E-state index in [4.69, 9.17) is 0 Å². The minimum Gasteiger partial charge on any atom is -0.269 e. The van der Waals surface area contributed by atoms with E-state index in [0.29, 0.717) is 0 Å². The largest absolute Gasteiger partial charge is 0.460 e. The van der Waals surface area contributed by atoms with Crippen molar-refractivity contribution in [2.24, 2.45) is 0 Å². The van der Waals surface area contributed by atoms with Crippen molar-refractivity contribution in [2.45, 2.75) is 23.3 Å². The van der Waals surface area contributed by atoms with Gasteiger partial charge in [0, 0.05) is 0 Å². The Labute approximate surface area is 93.6 Å². The van der Waals surface area contributed by atoms with Gasteiger partial charge >= 0.3 is 33.4 Å². The minimum atomic E-state index is -7.27. The first-order valence-corrected chi connectivity index (χ1v) is 4.97. The molecule has 18 heavy (non-hydrogen) atoms. The highest BCUT2D eigenvalue weighted by Crippen LogP contribution is 2.54. The molecule has 0 bridgehead atoms. The third kappa shape index (κ3) is 2.13. The number of alkyl halides is 9. The quantitative estimate of drug-likeness (QED) is 0.591. The molecule has 3 nitrogen and oxygen atoms in total. The van der Waals surface area contributed by atoms with Crippen molar-refractivity contribution in [2.75, 3.05) is 7.11 Å². The van der Waals surface area contributed by atoms with Crippen molar-refractivity contribution in [3.8, 4) is 0 Å². The van der Waals surface area contributed by atoms with E-state index >= 15 is 0 Å². The maximum absolute atomic E-state index is 12.6. The molecule has 0 saturated heterocycles. The standard InChI is InChI=1S/C5H3F9O3S/c1-17-18(15,16)5(13,14)3(8,9)2(6,7)4(10,11)12/h1H3. The van der Waals surface area contributed by atoms with Gasteiger partial charge in [-0.2, -0.15) is 47.9 Å². The van der Waals surface area contributed by atoms with E-state index in [0.717, 1.165) is 0 Å². The van der Waals surface area contributed by atoms with Gasteiger partial charge in [-0.15, -0.1) is 0 Å². The lowest BCUT2D eigenvalue weighted by atomic mass is 10.1. The summed E-state index contributed by atoms with van der Waals surface area (Å²) in [5.74, 6) is -14.5. The molecule has 0 aliphatic carbocycles. The minimum absolute atomic E-state index is 0.106. The molecule has 0 N–H and O–H groups in total. The lowest BCUT2D eigenvalue weighted by molar-refractivity contribution is -0.382. The second-order valence-corrected chi connectivity index (χ2v) is 4.54. The zero-order valence-electron chi connectivity index (χ0n) is 8.03. The fourth-order valence-corrected chi connectivity index (χ4v) is 1.27. The number of hydrogen-bond acceptors (Lipinski definition) is 3. The van der Waals surface area contributed by atoms with Crippen LogP contribution in [0.1, 0.15) is 0 Å². The van der Waals surface area contributed by atoms with Crippen molar-refractivity contribution in [1.29, 1.82) is 0 Å². The monoisotopic (exact) mass is 314 g/mol.